The third-order valence-electron chi connectivity index (χ3n) is 2.59. The lowest BCUT2D eigenvalue weighted by molar-refractivity contribution is -0.0867. The molecule has 1 aliphatic heterocycles. The van der Waals surface area contributed by atoms with E-state index in [9.17, 15) is 8.78 Å². The first-order valence-electron chi connectivity index (χ1n) is 3.66. The number of hydrogen-bond donors (Lipinski definition) is 1. The molecule has 0 amide bonds. The van der Waals surface area contributed by atoms with Crippen molar-refractivity contribution in [1.82, 2.24) is 10.2 Å². The van der Waals surface area contributed by atoms with Crippen LogP contribution in [-0.4, -0.2) is 43.5 Å². The topological polar surface area (TPSA) is 15.3 Å². The number of rotatable bonds is 1. The monoisotopic (exact) mass is 164 g/mol. The van der Waals surface area contributed by atoms with Crippen molar-refractivity contribution in [3.63, 3.8) is 0 Å². The summed E-state index contributed by atoms with van der Waals surface area (Å²) in [4.78, 5) is 1.58. The second-order valence-electron chi connectivity index (χ2n) is 3.48. The molecule has 1 heterocycles. The van der Waals surface area contributed by atoms with E-state index >= 15 is 0 Å². The largest absolute Gasteiger partial charge is 0.309 e. The molecule has 0 aromatic heterocycles. The molecular formula is C7H14F2N2. The highest BCUT2D eigenvalue weighted by Crippen LogP contribution is 2.35. The molecule has 1 fully saturated rings. The molecule has 0 spiro atoms. The van der Waals surface area contributed by atoms with Gasteiger partial charge in [-0.1, -0.05) is 0 Å². The van der Waals surface area contributed by atoms with Crippen molar-refractivity contribution in [2.45, 2.75) is 18.4 Å². The number of nitrogens with zero attached hydrogens (tertiary/aromatic N) is 1. The fourth-order valence-corrected chi connectivity index (χ4v) is 1.27. The zero-order valence-electron chi connectivity index (χ0n) is 7.12. The van der Waals surface area contributed by atoms with Crippen LogP contribution in [0.4, 0.5) is 8.78 Å². The summed E-state index contributed by atoms with van der Waals surface area (Å²) in [7, 11) is 3.36. The number of nitrogens with one attached hydrogen (secondary N) is 1. The Morgan fingerprint density at radius 3 is 2.00 bits per heavy atom. The van der Waals surface area contributed by atoms with Crippen LogP contribution in [0.25, 0.3) is 0 Å². The van der Waals surface area contributed by atoms with E-state index < -0.39 is 11.5 Å². The number of alkyl halides is 2. The third-order valence-corrected chi connectivity index (χ3v) is 2.59. The molecule has 66 valence electrons. The van der Waals surface area contributed by atoms with Gasteiger partial charge in [-0.3, -0.25) is 4.90 Å². The second kappa shape index (κ2) is 2.38. The van der Waals surface area contributed by atoms with Crippen LogP contribution in [0, 0.1) is 0 Å². The Balaban J connectivity index is 2.84. The van der Waals surface area contributed by atoms with Gasteiger partial charge in [-0.05, 0) is 21.0 Å². The molecule has 1 saturated heterocycles. The van der Waals surface area contributed by atoms with E-state index in [1.165, 1.54) is 0 Å². The zero-order chi connectivity index (χ0) is 8.70. The maximum absolute atomic E-state index is 13.1. The van der Waals surface area contributed by atoms with Crippen LogP contribution in [0.2, 0.25) is 0 Å². The van der Waals surface area contributed by atoms with Crippen molar-refractivity contribution in [3.8, 4) is 0 Å². The molecule has 1 rings (SSSR count). The lowest BCUT2D eigenvalue weighted by atomic mass is 9.96. The predicted octanol–water partition coefficient (Wildman–Crippen LogP) is 0.545. The van der Waals surface area contributed by atoms with Gasteiger partial charge >= 0.3 is 0 Å². The van der Waals surface area contributed by atoms with E-state index in [0.717, 1.165) is 0 Å². The zero-order valence-corrected chi connectivity index (χ0v) is 7.12. The maximum atomic E-state index is 13.1. The number of likely N-dealkylation sites (N-methyl/N-ethyl adjacent to an activating group) is 1. The van der Waals surface area contributed by atoms with E-state index in [2.05, 4.69) is 5.32 Å². The van der Waals surface area contributed by atoms with Crippen LogP contribution < -0.4 is 5.32 Å². The number of halogens is 2. The molecule has 0 aliphatic carbocycles. The Morgan fingerprint density at radius 1 is 1.27 bits per heavy atom. The van der Waals surface area contributed by atoms with Gasteiger partial charge in [0.2, 0.25) is 0 Å². The first-order valence-corrected chi connectivity index (χ1v) is 3.66. The molecule has 0 radical (unpaired) electrons. The van der Waals surface area contributed by atoms with Crippen molar-refractivity contribution in [2.75, 3.05) is 27.2 Å². The minimum atomic E-state index is -2.61. The van der Waals surface area contributed by atoms with Gasteiger partial charge in [-0.2, -0.15) is 0 Å². The molecule has 2 nitrogen and oxygen atoms in total. The van der Waals surface area contributed by atoms with Gasteiger partial charge in [0.05, 0.1) is 12.1 Å². The number of hydrogen-bond acceptors (Lipinski definition) is 2. The highest BCUT2D eigenvalue weighted by Gasteiger charge is 2.55. The van der Waals surface area contributed by atoms with Crippen molar-refractivity contribution < 1.29 is 8.78 Å². The van der Waals surface area contributed by atoms with E-state index in [0.29, 0.717) is 6.54 Å². The van der Waals surface area contributed by atoms with Crippen molar-refractivity contribution in [2.24, 2.45) is 0 Å². The van der Waals surface area contributed by atoms with Crippen LogP contribution in [0.5, 0.6) is 0 Å². The van der Waals surface area contributed by atoms with Gasteiger partial charge in [0.1, 0.15) is 0 Å². The molecule has 4 heteroatoms. The van der Waals surface area contributed by atoms with Gasteiger partial charge in [0.25, 0.3) is 5.92 Å². The van der Waals surface area contributed by atoms with Crippen LogP contribution >= 0.6 is 0 Å². The van der Waals surface area contributed by atoms with E-state index in [-0.39, 0.29) is 6.54 Å². The Hall–Kier alpha value is -0.220. The smallest absolute Gasteiger partial charge is 0.279 e. The van der Waals surface area contributed by atoms with E-state index in [1.807, 2.05) is 0 Å². The summed E-state index contributed by atoms with van der Waals surface area (Å²) >= 11 is 0. The Bertz CT molecular complexity index is 159. The van der Waals surface area contributed by atoms with Crippen LogP contribution in [0.3, 0.4) is 0 Å². The van der Waals surface area contributed by atoms with E-state index in [1.54, 1.807) is 25.9 Å². The second-order valence-corrected chi connectivity index (χ2v) is 3.48. The average molecular weight is 164 g/mol. The Labute approximate surface area is 65.6 Å². The summed E-state index contributed by atoms with van der Waals surface area (Å²) in [6.45, 7) is 1.72. The maximum Gasteiger partial charge on any atom is 0.279 e. The van der Waals surface area contributed by atoms with Crippen LogP contribution in [0.1, 0.15) is 6.92 Å². The van der Waals surface area contributed by atoms with Crippen molar-refractivity contribution in [3.05, 3.63) is 0 Å². The predicted molar refractivity (Wildman–Crippen MR) is 39.9 cm³/mol. The molecule has 0 saturated carbocycles. The van der Waals surface area contributed by atoms with Gasteiger partial charge in [-0.25, -0.2) is 8.78 Å². The summed E-state index contributed by atoms with van der Waals surface area (Å²) in [6.07, 6.45) is 0. The average Bonchev–Trinajstić information content (AvgIpc) is 2.09. The summed E-state index contributed by atoms with van der Waals surface area (Å²) in [5, 5.41) is 2.69. The SMILES string of the molecule is CN(C)C1(C)CNCC1(F)F. The fraction of sp³-hybridized carbons (Fsp3) is 1.00. The van der Waals surface area contributed by atoms with Crippen LogP contribution in [0.15, 0.2) is 0 Å². The summed E-state index contributed by atoms with van der Waals surface area (Å²) in [6, 6.07) is 0. The molecular weight excluding hydrogens is 150 g/mol. The van der Waals surface area contributed by atoms with Crippen molar-refractivity contribution in [1.29, 1.82) is 0 Å². The minimum absolute atomic E-state index is 0.207. The summed E-state index contributed by atoms with van der Waals surface area (Å²) < 4.78 is 26.3. The van der Waals surface area contributed by atoms with Crippen LogP contribution in [-0.2, 0) is 0 Å². The van der Waals surface area contributed by atoms with Gasteiger partial charge in [-0.15, -0.1) is 0 Å². The van der Waals surface area contributed by atoms with Gasteiger partial charge in [0.15, 0.2) is 0 Å². The third kappa shape index (κ3) is 1.14. The Kier molecular flexibility index (Phi) is 1.92. The quantitative estimate of drug-likeness (QED) is 0.608. The molecule has 0 aromatic carbocycles. The van der Waals surface area contributed by atoms with Crippen molar-refractivity contribution >= 4 is 0 Å². The molecule has 11 heavy (non-hydrogen) atoms. The molecule has 0 bridgehead atoms. The highest BCUT2D eigenvalue weighted by molar-refractivity contribution is 5.04. The summed E-state index contributed by atoms with van der Waals surface area (Å²) in [5.74, 6) is -2.61. The normalized spacial score (nSPS) is 36.5. The lowest BCUT2D eigenvalue weighted by Crippen LogP contribution is -2.54. The first kappa shape index (κ1) is 8.87. The Morgan fingerprint density at radius 2 is 1.82 bits per heavy atom. The first-order chi connectivity index (χ1) is 4.90. The fourth-order valence-electron chi connectivity index (χ4n) is 1.27. The highest BCUT2D eigenvalue weighted by atomic mass is 19.3. The molecule has 0 aromatic rings. The van der Waals surface area contributed by atoms with Gasteiger partial charge in [0, 0.05) is 6.54 Å². The molecule has 1 N–H and O–H groups in total. The minimum Gasteiger partial charge on any atom is -0.309 e. The molecule has 1 aliphatic rings. The van der Waals surface area contributed by atoms with E-state index in [4.69, 9.17) is 0 Å². The van der Waals surface area contributed by atoms with Gasteiger partial charge < -0.3 is 5.32 Å². The summed E-state index contributed by atoms with van der Waals surface area (Å²) in [5.41, 5.74) is -1.02. The molecule has 1 atom stereocenters. The lowest BCUT2D eigenvalue weighted by Gasteiger charge is -2.36. The molecule has 1 unspecified atom stereocenters. The standard InChI is InChI=1S/C7H14F2N2/c1-6(11(2)3)4-10-5-7(6,8)9/h10H,4-5H2,1-3H3.